The number of furan rings is 1. The van der Waals surface area contributed by atoms with Gasteiger partial charge in [-0.3, -0.25) is 0 Å². The Morgan fingerprint density at radius 2 is 1.73 bits per heavy atom. The molecule has 0 amide bonds. The van der Waals surface area contributed by atoms with E-state index in [1.54, 1.807) is 6.07 Å². The lowest BCUT2D eigenvalue weighted by Gasteiger charge is -2.07. The van der Waals surface area contributed by atoms with Gasteiger partial charge in [-0.25, -0.2) is 0 Å². The highest BCUT2D eigenvalue weighted by Crippen LogP contribution is 2.31. The molecule has 0 radical (unpaired) electrons. The Hall–Kier alpha value is -2.15. The number of anilines is 2. The quantitative estimate of drug-likeness (QED) is 0.628. The largest absolute Gasteiger partial charge is 0.573 e. The van der Waals surface area contributed by atoms with Crippen molar-refractivity contribution in [3.8, 4) is 5.75 Å². The summed E-state index contributed by atoms with van der Waals surface area (Å²) < 4.78 is 47.0. The molecule has 0 aliphatic rings. The number of hydrogen-bond acceptors (Lipinski definition) is 3. The lowest BCUT2D eigenvalue weighted by Crippen LogP contribution is -2.16. The van der Waals surface area contributed by atoms with Crippen molar-refractivity contribution in [1.29, 1.82) is 0 Å². The first-order valence-corrected chi connectivity index (χ1v) is 7.00. The molecule has 0 saturated heterocycles. The fraction of sp³-hybridized carbons (Fsp3) is 0.0667. The molecule has 1 heterocycles. The second-order valence-corrected chi connectivity index (χ2v) is 5.41. The predicted octanol–water partition coefficient (Wildman–Crippen LogP) is 5.84. The van der Waals surface area contributed by atoms with E-state index in [-0.39, 0.29) is 5.75 Å². The number of benzene rings is 2. The SMILES string of the molecule is FC(F)(F)Oc1ccc2oc(Nc3ccc(Br)cc3)cc2c1. The average Bonchev–Trinajstić information content (AvgIpc) is 2.81. The molecule has 0 spiro atoms. The van der Waals surface area contributed by atoms with Crippen LogP contribution in [0.5, 0.6) is 5.75 Å². The van der Waals surface area contributed by atoms with Crippen LogP contribution in [-0.4, -0.2) is 6.36 Å². The van der Waals surface area contributed by atoms with Gasteiger partial charge in [0, 0.05) is 21.6 Å². The first-order chi connectivity index (χ1) is 10.4. The zero-order chi connectivity index (χ0) is 15.7. The van der Waals surface area contributed by atoms with Crippen LogP contribution >= 0.6 is 15.9 Å². The summed E-state index contributed by atoms with van der Waals surface area (Å²) in [6.45, 7) is 0. The highest BCUT2D eigenvalue weighted by molar-refractivity contribution is 9.10. The molecule has 3 aromatic rings. The fourth-order valence-corrected chi connectivity index (χ4v) is 2.22. The lowest BCUT2D eigenvalue weighted by atomic mass is 10.2. The number of hydrogen-bond donors (Lipinski definition) is 1. The third kappa shape index (κ3) is 3.54. The molecule has 0 atom stereocenters. The van der Waals surface area contributed by atoms with Gasteiger partial charge in [0.25, 0.3) is 0 Å². The van der Waals surface area contributed by atoms with Crippen molar-refractivity contribution < 1.29 is 22.3 Å². The van der Waals surface area contributed by atoms with Gasteiger partial charge < -0.3 is 14.5 Å². The van der Waals surface area contributed by atoms with Gasteiger partial charge in [0.15, 0.2) is 5.88 Å². The Kier molecular flexibility index (Phi) is 3.74. The van der Waals surface area contributed by atoms with Gasteiger partial charge in [0.1, 0.15) is 11.3 Å². The molecule has 0 saturated carbocycles. The Bertz CT molecular complexity index is 797. The Morgan fingerprint density at radius 3 is 2.41 bits per heavy atom. The van der Waals surface area contributed by atoms with Crippen LogP contribution in [0.25, 0.3) is 11.0 Å². The van der Waals surface area contributed by atoms with Crippen molar-refractivity contribution in [3.05, 3.63) is 53.0 Å². The second-order valence-electron chi connectivity index (χ2n) is 4.49. The summed E-state index contributed by atoms with van der Waals surface area (Å²) in [5, 5.41) is 3.55. The molecule has 1 N–H and O–H groups in total. The molecule has 7 heteroatoms. The highest BCUT2D eigenvalue weighted by atomic mass is 79.9. The van der Waals surface area contributed by atoms with Crippen LogP contribution in [0.4, 0.5) is 24.7 Å². The number of halogens is 4. The molecule has 0 fully saturated rings. The summed E-state index contributed by atoms with van der Waals surface area (Å²) in [5.74, 6) is 0.150. The van der Waals surface area contributed by atoms with E-state index in [9.17, 15) is 13.2 Å². The molecule has 22 heavy (non-hydrogen) atoms. The number of alkyl halides is 3. The summed E-state index contributed by atoms with van der Waals surface area (Å²) >= 11 is 3.33. The maximum Gasteiger partial charge on any atom is 0.573 e. The van der Waals surface area contributed by atoms with Crippen LogP contribution in [0.2, 0.25) is 0 Å². The van der Waals surface area contributed by atoms with Gasteiger partial charge in [0.05, 0.1) is 0 Å². The first-order valence-electron chi connectivity index (χ1n) is 6.21. The van der Waals surface area contributed by atoms with Crippen LogP contribution in [-0.2, 0) is 0 Å². The van der Waals surface area contributed by atoms with Gasteiger partial charge in [-0.05, 0) is 42.5 Å². The summed E-state index contributed by atoms with van der Waals surface area (Å²) in [5.41, 5.74) is 1.27. The maximum absolute atomic E-state index is 12.2. The smallest absolute Gasteiger partial charge is 0.440 e. The van der Waals surface area contributed by atoms with Crippen molar-refractivity contribution in [2.75, 3.05) is 5.32 Å². The second kappa shape index (κ2) is 5.57. The number of nitrogens with one attached hydrogen (secondary N) is 1. The normalized spacial score (nSPS) is 11.6. The van der Waals surface area contributed by atoms with Gasteiger partial charge in [-0.2, -0.15) is 0 Å². The van der Waals surface area contributed by atoms with Crippen LogP contribution in [0.1, 0.15) is 0 Å². The molecule has 1 aromatic heterocycles. The third-order valence-electron chi connectivity index (χ3n) is 2.83. The standard InChI is InChI=1S/C15H9BrF3NO2/c16-10-1-3-11(4-2-10)20-14-8-9-7-12(22-15(17,18)19)5-6-13(9)21-14/h1-8,20H. The van der Waals surface area contributed by atoms with Gasteiger partial charge in [-0.1, -0.05) is 15.9 Å². The van der Waals surface area contributed by atoms with Gasteiger partial charge >= 0.3 is 6.36 Å². The lowest BCUT2D eigenvalue weighted by molar-refractivity contribution is -0.274. The topological polar surface area (TPSA) is 34.4 Å². The van der Waals surface area contributed by atoms with Crippen LogP contribution in [0.15, 0.2) is 57.4 Å². The molecule has 0 aliphatic heterocycles. The highest BCUT2D eigenvalue weighted by Gasteiger charge is 2.31. The minimum Gasteiger partial charge on any atom is -0.440 e. The molecular weight excluding hydrogens is 363 g/mol. The number of ether oxygens (including phenoxy) is 1. The summed E-state index contributed by atoms with van der Waals surface area (Å²) in [6, 6.07) is 12.9. The van der Waals surface area contributed by atoms with Crippen LogP contribution in [0, 0.1) is 0 Å². The molecular formula is C15H9BrF3NO2. The van der Waals surface area contributed by atoms with E-state index in [2.05, 4.69) is 26.0 Å². The van der Waals surface area contributed by atoms with Crippen molar-refractivity contribution >= 4 is 38.5 Å². The van der Waals surface area contributed by atoms with Crippen molar-refractivity contribution in [1.82, 2.24) is 0 Å². The van der Waals surface area contributed by atoms with Crippen LogP contribution < -0.4 is 10.1 Å². The fourth-order valence-electron chi connectivity index (χ4n) is 1.96. The minimum atomic E-state index is -4.71. The molecule has 0 bridgehead atoms. The number of rotatable bonds is 3. The molecule has 3 nitrogen and oxygen atoms in total. The molecule has 2 aromatic carbocycles. The maximum atomic E-state index is 12.2. The predicted molar refractivity (Wildman–Crippen MR) is 80.3 cm³/mol. The zero-order valence-electron chi connectivity index (χ0n) is 10.9. The molecule has 0 aliphatic carbocycles. The summed E-state index contributed by atoms with van der Waals surface area (Å²) in [7, 11) is 0. The summed E-state index contributed by atoms with van der Waals surface area (Å²) in [4.78, 5) is 0. The van der Waals surface area contributed by atoms with E-state index < -0.39 is 6.36 Å². The van der Waals surface area contributed by atoms with Gasteiger partial charge in [-0.15, -0.1) is 13.2 Å². The van der Waals surface area contributed by atoms with Crippen molar-refractivity contribution in [2.24, 2.45) is 0 Å². The summed E-state index contributed by atoms with van der Waals surface area (Å²) in [6.07, 6.45) is -4.71. The first kappa shape index (κ1) is 14.8. The van der Waals surface area contributed by atoms with E-state index >= 15 is 0 Å². The Labute approximate surface area is 131 Å². The minimum absolute atomic E-state index is 0.281. The third-order valence-corrected chi connectivity index (χ3v) is 3.36. The van der Waals surface area contributed by atoms with Crippen molar-refractivity contribution in [2.45, 2.75) is 6.36 Å². The van der Waals surface area contributed by atoms with E-state index in [1.807, 2.05) is 24.3 Å². The Balaban J connectivity index is 1.84. The van der Waals surface area contributed by atoms with Crippen molar-refractivity contribution in [3.63, 3.8) is 0 Å². The monoisotopic (exact) mass is 371 g/mol. The van der Waals surface area contributed by atoms with Gasteiger partial charge in [0.2, 0.25) is 0 Å². The van der Waals surface area contributed by atoms with E-state index in [4.69, 9.17) is 4.42 Å². The number of fused-ring (bicyclic) bond motifs is 1. The van der Waals surface area contributed by atoms with E-state index in [1.165, 1.54) is 18.2 Å². The molecule has 0 unspecified atom stereocenters. The van der Waals surface area contributed by atoms with E-state index in [0.717, 1.165) is 10.2 Å². The molecule has 114 valence electrons. The Morgan fingerprint density at radius 1 is 1.00 bits per heavy atom. The zero-order valence-corrected chi connectivity index (χ0v) is 12.5. The van der Waals surface area contributed by atoms with Crippen LogP contribution in [0.3, 0.4) is 0 Å². The average molecular weight is 372 g/mol. The van der Waals surface area contributed by atoms with E-state index in [0.29, 0.717) is 16.9 Å². The molecule has 3 rings (SSSR count).